The summed E-state index contributed by atoms with van der Waals surface area (Å²) in [5.41, 5.74) is 1.60. The van der Waals surface area contributed by atoms with Gasteiger partial charge in [0.05, 0.1) is 6.04 Å². The minimum atomic E-state index is -0.379. The van der Waals surface area contributed by atoms with Gasteiger partial charge in [0.2, 0.25) is 5.91 Å². The van der Waals surface area contributed by atoms with E-state index >= 15 is 0 Å². The highest BCUT2D eigenvalue weighted by Gasteiger charge is 2.33. The van der Waals surface area contributed by atoms with Crippen LogP contribution in [0.1, 0.15) is 30.3 Å². The van der Waals surface area contributed by atoms with Crippen molar-refractivity contribution in [3.05, 3.63) is 81.3 Å². The molecule has 36 heavy (non-hydrogen) atoms. The van der Waals surface area contributed by atoms with E-state index in [9.17, 15) is 14.0 Å². The van der Waals surface area contributed by atoms with Crippen LogP contribution in [0.2, 0.25) is 5.02 Å². The molecule has 0 aliphatic carbocycles. The summed E-state index contributed by atoms with van der Waals surface area (Å²) in [5, 5.41) is 5.37. The van der Waals surface area contributed by atoms with Gasteiger partial charge in [-0.3, -0.25) is 4.79 Å². The molecule has 0 unspecified atom stereocenters. The molecule has 2 aromatic carbocycles. The van der Waals surface area contributed by atoms with E-state index in [0.717, 1.165) is 12.0 Å². The van der Waals surface area contributed by atoms with Gasteiger partial charge in [0, 0.05) is 34.7 Å². The maximum Gasteiger partial charge on any atom is 0.322 e. The number of nitrogens with zero attached hydrogens (tertiary/aromatic N) is 2. The van der Waals surface area contributed by atoms with Crippen molar-refractivity contribution in [3.63, 3.8) is 0 Å². The molecule has 1 aliphatic heterocycles. The van der Waals surface area contributed by atoms with Gasteiger partial charge in [-0.05, 0) is 59.7 Å². The summed E-state index contributed by atoms with van der Waals surface area (Å²) in [6, 6.07) is 14.2. The Labute approximate surface area is 219 Å². The average molecular weight is 530 g/mol. The summed E-state index contributed by atoms with van der Waals surface area (Å²) >= 11 is 7.71. The van der Waals surface area contributed by atoms with Crippen molar-refractivity contribution >= 4 is 40.6 Å². The molecule has 3 amide bonds. The second-order valence-corrected chi connectivity index (χ2v) is 10.6. The fraction of sp³-hybridized carbons (Fsp3) is 0.333. The third kappa shape index (κ3) is 6.56. The van der Waals surface area contributed by atoms with E-state index in [1.165, 1.54) is 21.9 Å². The number of carbonyl (C=O) groups is 2. The molecule has 0 spiro atoms. The lowest BCUT2D eigenvalue weighted by Gasteiger charge is -2.37. The number of anilines is 1. The van der Waals surface area contributed by atoms with E-state index in [0.29, 0.717) is 29.5 Å². The number of amides is 3. The van der Waals surface area contributed by atoms with E-state index in [4.69, 9.17) is 16.3 Å². The number of hydrogen-bond donors (Lipinski definition) is 1. The van der Waals surface area contributed by atoms with Gasteiger partial charge in [-0.25, -0.2) is 9.18 Å². The van der Waals surface area contributed by atoms with Crippen LogP contribution in [-0.2, 0) is 11.2 Å². The smallest absolute Gasteiger partial charge is 0.322 e. The van der Waals surface area contributed by atoms with Crippen LogP contribution in [0.5, 0.6) is 5.75 Å². The van der Waals surface area contributed by atoms with Crippen LogP contribution in [0, 0.1) is 11.7 Å². The second kappa shape index (κ2) is 11.8. The van der Waals surface area contributed by atoms with Crippen LogP contribution in [0.15, 0.2) is 60.0 Å². The third-order valence-electron chi connectivity index (χ3n) is 5.89. The molecule has 9 heteroatoms. The van der Waals surface area contributed by atoms with Crippen molar-refractivity contribution in [1.82, 2.24) is 9.80 Å². The lowest BCUT2D eigenvalue weighted by molar-refractivity contribution is -0.135. The van der Waals surface area contributed by atoms with Crippen molar-refractivity contribution in [1.29, 1.82) is 0 Å². The number of thiophene rings is 1. The highest BCUT2D eigenvalue weighted by atomic mass is 35.5. The Kier molecular flexibility index (Phi) is 8.48. The number of hydrogen-bond acceptors (Lipinski definition) is 4. The van der Waals surface area contributed by atoms with Gasteiger partial charge in [-0.2, -0.15) is 0 Å². The summed E-state index contributed by atoms with van der Waals surface area (Å²) in [6.45, 7) is 5.06. The lowest BCUT2D eigenvalue weighted by Crippen LogP contribution is -2.49. The maximum absolute atomic E-state index is 13.6. The fourth-order valence-corrected chi connectivity index (χ4v) is 5.41. The number of urea groups is 1. The Morgan fingerprint density at radius 3 is 2.78 bits per heavy atom. The molecule has 190 valence electrons. The molecule has 6 nitrogen and oxygen atoms in total. The van der Waals surface area contributed by atoms with E-state index in [2.05, 4.69) is 5.32 Å². The first-order valence-electron chi connectivity index (χ1n) is 11.9. The first-order chi connectivity index (χ1) is 17.3. The van der Waals surface area contributed by atoms with E-state index in [-0.39, 0.29) is 42.9 Å². The van der Waals surface area contributed by atoms with Gasteiger partial charge in [0.15, 0.2) is 0 Å². The standard InChI is InChI=1S/C27H29ClFN3O3S/c1-18(2)15-31(27(34)30-21-7-3-5-19(28)13-21)16-26(33)32-11-9-25-23(10-12-36-25)24(32)17-35-22-8-4-6-20(29)14-22/h3-8,10,12-14,18,24H,9,11,15-17H2,1-2H3,(H,30,34)/t24-/m1/s1. The number of halogens is 2. The Balaban J connectivity index is 1.50. The molecule has 1 N–H and O–H groups in total. The zero-order valence-corrected chi connectivity index (χ0v) is 21.8. The van der Waals surface area contributed by atoms with Crippen molar-refractivity contribution in [2.24, 2.45) is 5.92 Å². The second-order valence-electron chi connectivity index (χ2n) is 9.14. The molecule has 3 aromatic rings. The number of ether oxygens (including phenoxy) is 1. The number of benzene rings is 2. The van der Waals surface area contributed by atoms with Crippen molar-refractivity contribution in [3.8, 4) is 5.75 Å². The van der Waals surface area contributed by atoms with Crippen LogP contribution in [-0.4, -0.2) is 48.0 Å². The Morgan fingerprint density at radius 2 is 2.03 bits per heavy atom. The summed E-state index contributed by atoms with van der Waals surface area (Å²) in [4.78, 5) is 31.2. The average Bonchev–Trinajstić information content (AvgIpc) is 3.31. The molecular formula is C27H29ClFN3O3S. The highest BCUT2D eigenvalue weighted by molar-refractivity contribution is 7.10. The van der Waals surface area contributed by atoms with Crippen LogP contribution in [0.25, 0.3) is 0 Å². The molecule has 1 atom stereocenters. The fourth-order valence-electron chi connectivity index (χ4n) is 4.29. The molecule has 4 rings (SSSR count). The first kappa shape index (κ1) is 26.0. The molecule has 0 saturated heterocycles. The summed E-state index contributed by atoms with van der Waals surface area (Å²) in [7, 11) is 0. The summed E-state index contributed by atoms with van der Waals surface area (Å²) < 4.78 is 19.5. The van der Waals surface area contributed by atoms with Crippen LogP contribution < -0.4 is 10.1 Å². The molecule has 0 saturated carbocycles. The van der Waals surface area contributed by atoms with Gasteiger partial charge >= 0.3 is 6.03 Å². The van der Waals surface area contributed by atoms with Crippen molar-refractivity contribution in [2.45, 2.75) is 26.3 Å². The number of nitrogens with one attached hydrogen (secondary N) is 1. The van der Waals surface area contributed by atoms with Gasteiger partial charge in [-0.15, -0.1) is 11.3 Å². The van der Waals surface area contributed by atoms with Gasteiger partial charge in [0.1, 0.15) is 24.7 Å². The summed E-state index contributed by atoms with van der Waals surface area (Å²) in [5.74, 6) is 0.0314. The number of carbonyl (C=O) groups excluding carboxylic acids is 2. The molecule has 0 bridgehead atoms. The van der Waals surface area contributed by atoms with Gasteiger partial charge in [-0.1, -0.05) is 37.6 Å². The SMILES string of the molecule is CC(C)CN(CC(=O)N1CCc2sccc2[C@H]1COc1cccc(F)c1)C(=O)Nc1cccc(Cl)c1. The third-order valence-corrected chi connectivity index (χ3v) is 7.13. The minimum Gasteiger partial charge on any atom is -0.491 e. The molecular weight excluding hydrogens is 501 g/mol. The van der Waals surface area contributed by atoms with E-state index in [1.807, 2.05) is 25.3 Å². The predicted molar refractivity (Wildman–Crippen MR) is 141 cm³/mol. The van der Waals surface area contributed by atoms with E-state index in [1.54, 1.807) is 52.6 Å². The monoisotopic (exact) mass is 529 g/mol. The van der Waals surface area contributed by atoms with Crippen LogP contribution in [0.4, 0.5) is 14.9 Å². The predicted octanol–water partition coefficient (Wildman–Crippen LogP) is 6.24. The quantitative estimate of drug-likeness (QED) is 0.376. The highest BCUT2D eigenvalue weighted by Crippen LogP contribution is 2.34. The molecule has 1 aromatic heterocycles. The first-order valence-corrected chi connectivity index (χ1v) is 13.1. The summed E-state index contributed by atoms with van der Waals surface area (Å²) in [6.07, 6.45) is 0.744. The molecule has 1 aliphatic rings. The van der Waals surface area contributed by atoms with Gasteiger partial charge < -0.3 is 19.9 Å². The Bertz CT molecular complexity index is 1220. The largest absolute Gasteiger partial charge is 0.491 e. The van der Waals surface area contributed by atoms with E-state index < -0.39 is 0 Å². The van der Waals surface area contributed by atoms with Crippen molar-refractivity contribution in [2.75, 3.05) is 31.6 Å². The molecule has 0 radical (unpaired) electrons. The Morgan fingerprint density at radius 1 is 1.22 bits per heavy atom. The minimum absolute atomic E-state index is 0.0689. The zero-order valence-electron chi connectivity index (χ0n) is 20.2. The van der Waals surface area contributed by atoms with Crippen LogP contribution in [0.3, 0.4) is 0 Å². The topological polar surface area (TPSA) is 61.9 Å². The maximum atomic E-state index is 13.6. The van der Waals surface area contributed by atoms with Crippen molar-refractivity contribution < 1.29 is 18.7 Å². The normalized spacial score (nSPS) is 14.9. The van der Waals surface area contributed by atoms with Crippen LogP contribution >= 0.6 is 22.9 Å². The zero-order chi connectivity index (χ0) is 25.7. The lowest BCUT2D eigenvalue weighted by atomic mass is 10.0. The Hall–Kier alpha value is -3.10. The number of rotatable bonds is 8. The number of fused-ring (bicyclic) bond motifs is 1. The molecule has 2 heterocycles. The molecule has 0 fully saturated rings. The van der Waals surface area contributed by atoms with Gasteiger partial charge in [0.25, 0.3) is 0 Å².